The topological polar surface area (TPSA) is 74.6 Å². The zero-order valence-corrected chi connectivity index (χ0v) is 25.4. The molecule has 0 aliphatic heterocycles. The van der Waals surface area contributed by atoms with Crippen LogP contribution in [-0.4, -0.2) is 25.2 Å². The van der Waals surface area contributed by atoms with E-state index in [1.165, 1.54) is 0 Å². The second kappa shape index (κ2) is 30.9. The van der Waals surface area contributed by atoms with Gasteiger partial charge in [-0.05, 0) is 73.2 Å². The molecule has 0 saturated carbocycles. The molecule has 0 aliphatic rings. The SMILES string of the molecule is C#CC.C=C.CC.CC.CC.CC.CCc1c(S(=O)(=O)O)cc2c(C)c(C)ccc2c1C.CO. The van der Waals surface area contributed by atoms with E-state index in [1.807, 2.05) is 95.2 Å². The molecule has 2 aromatic rings. The van der Waals surface area contributed by atoms with Crippen LogP contribution < -0.4 is 0 Å². The minimum Gasteiger partial charge on any atom is -0.400 e. The molecule has 2 aromatic carbocycles. The summed E-state index contributed by atoms with van der Waals surface area (Å²) in [6.07, 6.45) is 5.17. The summed E-state index contributed by atoms with van der Waals surface area (Å²) in [4.78, 5) is 0.0358. The Kier molecular flexibility index (Phi) is 41.2. The zero-order chi connectivity index (χ0) is 29.1. The molecule has 0 radical (unpaired) electrons. The number of hydrogen-bond acceptors (Lipinski definition) is 3. The molecular weight excluding hydrogens is 444 g/mol. The van der Waals surface area contributed by atoms with Gasteiger partial charge < -0.3 is 5.11 Å². The number of fused-ring (bicyclic) bond motifs is 1. The smallest absolute Gasteiger partial charge is 0.294 e. The summed E-state index contributed by atoms with van der Waals surface area (Å²) in [6, 6.07) is 5.65. The number of rotatable bonds is 2. The first-order valence-electron chi connectivity index (χ1n) is 12.0. The molecule has 0 aliphatic carbocycles. The summed E-state index contributed by atoms with van der Waals surface area (Å²) < 4.78 is 32.5. The van der Waals surface area contributed by atoms with Crippen molar-refractivity contribution < 1.29 is 18.1 Å². The Hall–Kier alpha value is -2.13. The third kappa shape index (κ3) is 16.5. The predicted octanol–water partition coefficient (Wildman–Crippen LogP) is 8.73. The average Bonchev–Trinajstić information content (AvgIpc) is 2.88. The monoisotopic (exact) mass is 498 g/mol. The third-order valence-electron chi connectivity index (χ3n) is 3.85. The lowest BCUT2D eigenvalue weighted by molar-refractivity contribution is 0.399. The summed E-state index contributed by atoms with van der Waals surface area (Å²) in [5, 5.41) is 8.94. The second-order valence-electron chi connectivity index (χ2n) is 5.20. The van der Waals surface area contributed by atoms with Crippen LogP contribution in [-0.2, 0) is 16.5 Å². The van der Waals surface area contributed by atoms with Gasteiger partial charge in [0.2, 0.25) is 0 Å². The maximum atomic E-state index is 11.6. The van der Waals surface area contributed by atoms with Crippen LogP contribution in [0.25, 0.3) is 10.8 Å². The van der Waals surface area contributed by atoms with Gasteiger partial charge in [0.15, 0.2) is 0 Å². The number of aryl methyl sites for hydroxylation is 3. The van der Waals surface area contributed by atoms with Gasteiger partial charge in [-0.1, -0.05) is 74.4 Å². The quantitative estimate of drug-likeness (QED) is 0.246. The maximum Gasteiger partial charge on any atom is 0.294 e. The highest BCUT2D eigenvalue weighted by molar-refractivity contribution is 7.85. The Morgan fingerprint density at radius 2 is 1.21 bits per heavy atom. The Bertz CT molecular complexity index is 862. The minimum atomic E-state index is -4.19. The van der Waals surface area contributed by atoms with Crippen LogP contribution in [0.15, 0.2) is 36.3 Å². The van der Waals surface area contributed by atoms with Crippen LogP contribution in [0.5, 0.6) is 0 Å². The van der Waals surface area contributed by atoms with Crippen molar-refractivity contribution >= 4 is 20.9 Å². The van der Waals surface area contributed by atoms with Gasteiger partial charge in [0.05, 0.1) is 4.90 Å². The van der Waals surface area contributed by atoms with Gasteiger partial charge in [-0.2, -0.15) is 8.42 Å². The number of aliphatic hydroxyl groups excluding tert-OH is 1. The lowest BCUT2D eigenvalue weighted by atomic mass is 9.94. The molecule has 0 fully saturated rings. The largest absolute Gasteiger partial charge is 0.400 e. The second-order valence-corrected chi connectivity index (χ2v) is 6.59. The molecule has 2 N–H and O–H groups in total. The van der Waals surface area contributed by atoms with Crippen LogP contribution in [0, 0.1) is 33.1 Å². The van der Waals surface area contributed by atoms with Crippen molar-refractivity contribution in [2.24, 2.45) is 0 Å². The van der Waals surface area contributed by atoms with E-state index < -0.39 is 10.1 Å². The molecule has 2 rings (SSSR count). The Labute approximate surface area is 213 Å². The summed E-state index contributed by atoms with van der Waals surface area (Å²) in [6.45, 7) is 31.4. The van der Waals surface area contributed by atoms with E-state index >= 15 is 0 Å². The van der Waals surface area contributed by atoms with Crippen LogP contribution in [0.3, 0.4) is 0 Å². The fraction of sp³-hybridized carbons (Fsp3) is 0.517. The maximum absolute atomic E-state index is 11.6. The van der Waals surface area contributed by atoms with Gasteiger partial charge in [0.25, 0.3) is 10.1 Å². The van der Waals surface area contributed by atoms with Crippen LogP contribution in [0.4, 0.5) is 0 Å². The number of benzene rings is 2. The molecular formula is C29H54O4S. The number of hydrogen-bond donors (Lipinski definition) is 2. The lowest BCUT2D eigenvalue weighted by Crippen LogP contribution is -2.05. The first-order valence-corrected chi connectivity index (χ1v) is 13.4. The number of terminal acetylenes is 1. The normalized spacial score (nSPS) is 7.97. The molecule has 5 heteroatoms. The predicted molar refractivity (Wildman–Crippen MR) is 157 cm³/mol. The Morgan fingerprint density at radius 3 is 1.50 bits per heavy atom. The molecule has 0 amide bonds. The van der Waals surface area contributed by atoms with Gasteiger partial charge in [0, 0.05) is 7.11 Å². The molecule has 0 spiro atoms. The summed E-state index contributed by atoms with van der Waals surface area (Å²) in [5.41, 5.74) is 3.78. The van der Waals surface area contributed by atoms with Gasteiger partial charge in [0.1, 0.15) is 0 Å². The van der Waals surface area contributed by atoms with Crippen molar-refractivity contribution in [2.75, 3.05) is 7.11 Å². The Balaban J connectivity index is -0.000000111. The van der Waals surface area contributed by atoms with E-state index in [4.69, 9.17) is 5.11 Å². The Morgan fingerprint density at radius 1 is 0.853 bits per heavy atom. The highest BCUT2D eigenvalue weighted by Gasteiger charge is 2.19. The highest BCUT2D eigenvalue weighted by Crippen LogP contribution is 2.31. The molecule has 0 unspecified atom stereocenters. The molecule has 0 heterocycles. The minimum absolute atomic E-state index is 0.0358. The summed E-state index contributed by atoms with van der Waals surface area (Å²) in [7, 11) is -3.19. The van der Waals surface area contributed by atoms with Crippen molar-refractivity contribution in [1.29, 1.82) is 0 Å². The number of aliphatic hydroxyl groups is 1. The fourth-order valence-electron chi connectivity index (χ4n) is 2.59. The molecule has 34 heavy (non-hydrogen) atoms. The van der Waals surface area contributed by atoms with Crippen molar-refractivity contribution in [3.8, 4) is 12.3 Å². The molecule has 200 valence electrons. The standard InChI is InChI=1S/C15H18O3S.C3H4.4C2H6.C2H4.CH4O/c1-5-12-11(4)13-7-6-9(2)10(3)14(13)8-15(12)19(16,17)18;1-3-2;6*1-2/h6-8H,5H2,1-4H3,(H,16,17,18);1H,2H3;4*1-2H3;1-2H2;2H,1H3. The van der Waals surface area contributed by atoms with E-state index in [2.05, 4.69) is 25.5 Å². The first kappa shape index (κ1) is 45.4. The van der Waals surface area contributed by atoms with Crippen LogP contribution in [0.1, 0.15) is 91.5 Å². The van der Waals surface area contributed by atoms with Crippen LogP contribution >= 0.6 is 0 Å². The fourth-order valence-corrected chi connectivity index (χ4v) is 3.46. The average molecular weight is 499 g/mol. The molecule has 0 atom stereocenters. The van der Waals surface area contributed by atoms with E-state index in [9.17, 15) is 13.0 Å². The zero-order valence-electron chi connectivity index (χ0n) is 24.5. The van der Waals surface area contributed by atoms with E-state index in [-0.39, 0.29) is 4.90 Å². The van der Waals surface area contributed by atoms with Crippen molar-refractivity contribution in [3.63, 3.8) is 0 Å². The van der Waals surface area contributed by atoms with E-state index in [1.54, 1.807) is 13.0 Å². The van der Waals surface area contributed by atoms with Crippen molar-refractivity contribution in [1.82, 2.24) is 0 Å². The van der Waals surface area contributed by atoms with Gasteiger partial charge in [-0.15, -0.1) is 25.5 Å². The van der Waals surface area contributed by atoms with Gasteiger partial charge >= 0.3 is 0 Å². The van der Waals surface area contributed by atoms with Crippen molar-refractivity contribution in [3.05, 3.63) is 53.6 Å². The highest BCUT2D eigenvalue weighted by atomic mass is 32.2. The summed E-state index contributed by atoms with van der Waals surface area (Å²) in [5.74, 6) is 2.25. The first-order chi connectivity index (χ1) is 16.2. The molecule has 0 bridgehead atoms. The summed E-state index contributed by atoms with van der Waals surface area (Å²) >= 11 is 0. The molecule has 0 saturated heterocycles. The van der Waals surface area contributed by atoms with E-state index in [0.717, 1.165) is 34.6 Å². The van der Waals surface area contributed by atoms with Gasteiger partial charge in [-0.25, -0.2) is 0 Å². The van der Waals surface area contributed by atoms with E-state index in [0.29, 0.717) is 12.0 Å². The molecule has 4 nitrogen and oxygen atoms in total. The third-order valence-corrected chi connectivity index (χ3v) is 4.77. The van der Waals surface area contributed by atoms with Crippen molar-refractivity contribution in [2.45, 2.75) is 101 Å². The van der Waals surface area contributed by atoms with Crippen LogP contribution in [0.2, 0.25) is 0 Å². The molecule has 0 aromatic heterocycles. The lowest BCUT2D eigenvalue weighted by Gasteiger charge is -2.15. The van der Waals surface area contributed by atoms with Gasteiger partial charge in [-0.3, -0.25) is 4.55 Å².